The fraction of sp³-hybridized carbons (Fsp3) is 0.176. The maximum absolute atomic E-state index is 12.2. The summed E-state index contributed by atoms with van der Waals surface area (Å²) in [6.45, 7) is 3.32. The molecular formula is C17H17ClN2O2. The summed E-state index contributed by atoms with van der Waals surface area (Å²) in [4.78, 5) is 23.2. The average Bonchev–Trinajstić information content (AvgIpc) is 2.47. The number of benzene rings is 2. The summed E-state index contributed by atoms with van der Waals surface area (Å²) in [5, 5.41) is 6.18. The number of anilines is 1. The second kappa shape index (κ2) is 7.09. The van der Waals surface area contributed by atoms with Gasteiger partial charge in [0.1, 0.15) is 0 Å². The van der Waals surface area contributed by atoms with Gasteiger partial charge in [0.25, 0.3) is 5.91 Å². The maximum atomic E-state index is 12.2. The van der Waals surface area contributed by atoms with E-state index >= 15 is 0 Å². The molecule has 1 atom stereocenters. The molecular weight excluding hydrogens is 300 g/mol. The molecule has 0 saturated heterocycles. The summed E-state index contributed by atoms with van der Waals surface area (Å²) in [6, 6.07) is 13.9. The SMILES string of the molecule is CC(=O)Nc1ccc(C(=O)N[C@H](C)c2ccccc2Cl)cc1. The summed E-state index contributed by atoms with van der Waals surface area (Å²) in [5.74, 6) is -0.341. The maximum Gasteiger partial charge on any atom is 0.251 e. The van der Waals surface area contributed by atoms with E-state index in [0.717, 1.165) is 5.56 Å². The quantitative estimate of drug-likeness (QED) is 0.901. The molecule has 0 fully saturated rings. The number of halogens is 1. The number of hydrogen-bond donors (Lipinski definition) is 2. The van der Waals surface area contributed by atoms with E-state index in [0.29, 0.717) is 16.3 Å². The second-order valence-corrected chi connectivity index (χ2v) is 5.38. The Kier molecular flexibility index (Phi) is 5.17. The zero-order valence-electron chi connectivity index (χ0n) is 12.4. The largest absolute Gasteiger partial charge is 0.345 e. The average molecular weight is 317 g/mol. The Bertz CT molecular complexity index is 683. The molecule has 0 aromatic heterocycles. The third-order valence-electron chi connectivity index (χ3n) is 3.19. The van der Waals surface area contributed by atoms with Gasteiger partial charge in [-0.05, 0) is 42.8 Å². The predicted octanol–water partition coefficient (Wildman–Crippen LogP) is 3.79. The van der Waals surface area contributed by atoms with Crippen LogP contribution in [0, 0.1) is 0 Å². The normalized spacial score (nSPS) is 11.6. The molecule has 114 valence electrons. The molecule has 0 bridgehead atoms. The van der Waals surface area contributed by atoms with Gasteiger partial charge in [0.2, 0.25) is 5.91 Å². The molecule has 2 aromatic rings. The first-order valence-electron chi connectivity index (χ1n) is 6.90. The number of amides is 2. The van der Waals surface area contributed by atoms with Crippen molar-refractivity contribution in [2.24, 2.45) is 0 Å². The van der Waals surface area contributed by atoms with Crippen LogP contribution < -0.4 is 10.6 Å². The van der Waals surface area contributed by atoms with Gasteiger partial charge in [-0.15, -0.1) is 0 Å². The first-order valence-corrected chi connectivity index (χ1v) is 7.28. The van der Waals surface area contributed by atoms with Crippen molar-refractivity contribution >= 4 is 29.1 Å². The van der Waals surface area contributed by atoms with Crippen LogP contribution in [0.3, 0.4) is 0 Å². The third kappa shape index (κ3) is 4.09. The zero-order valence-corrected chi connectivity index (χ0v) is 13.1. The highest BCUT2D eigenvalue weighted by molar-refractivity contribution is 6.31. The van der Waals surface area contributed by atoms with Crippen LogP contribution in [0.4, 0.5) is 5.69 Å². The first-order chi connectivity index (χ1) is 10.5. The van der Waals surface area contributed by atoms with Crippen molar-refractivity contribution in [2.75, 3.05) is 5.32 Å². The lowest BCUT2D eigenvalue weighted by Gasteiger charge is -2.16. The van der Waals surface area contributed by atoms with Crippen LogP contribution in [-0.4, -0.2) is 11.8 Å². The van der Waals surface area contributed by atoms with Gasteiger partial charge >= 0.3 is 0 Å². The number of carbonyl (C=O) groups is 2. The van der Waals surface area contributed by atoms with Gasteiger partial charge in [-0.25, -0.2) is 0 Å². The lowest BCUT2D eigenvalue weighted by Crippen LogP contribution is -2.26. The lowest BCUT2D eigenvalue weighted by molar-refractivity contribution is -0.114. The van der Waals surface area contributed by atoms with E-state index < -0.39 is 0 Å². The smallest absolute Gasteiger partial charge is 0.251 e. The van der Waals surface area contributed by atoms with Crippen LogP contribution >= 0.6 is 11.6 Å². The number of carbonyl (C=O) groups excluding carboxylic acids is 2. The molecule has 22 heavy (non-hydrogen) atoms. The Hall–Kier alpha value is -2.33. The minimum atomic E-state index is -0.198. The number of hydrogen-bond acceptors (Lipinski definition) is 2. The highest BCUT2D eigenvalue weighted by Gasteiger charge is 2.13. The molecule has 2 aromatic carbocycles. The van der Waals surface area contributed by atoms with Gasteiger partial charge in [-0.3, -0.25) is 9.59 Å². The topological polar surface area (TPSA) is 58.2 Å². The van der Waals surface area contributed by atoms with Crippen LogP contribution in [-0.2, 0) is 4.79 Å². The van der Waals surface area contributed by atoms with Crippen molar-refractivity contribution in [2.45, 2.75) is 19.9 Å². The summed E-state index contributed by atoms with van der Waals surface area (Å²) >= 11 is 6.13. The van der Waals surface area contributed by atoms with E-state index in [1.54, 1.807) is 30.3 Å². The van der Waals surface area contributed by atoms with Crippen LogP contribution in [0.2, 0.25) is 5.02 Å². The zero-order chi connectivity index (χ0) is 16.1. The van der Waals surface area contributed by atoms with Crippen LogP contribution in [0.15, 0.2) is 48.5 Å². The van der Waals surface area contributed by atoms with E-state index in [4.69, 9.17) is 11.6 Å². The van der Waals surface area contributed by atoms with Crippen LogP contribution in [0.25, 0.3) is 0 Å². The van der Waals surface area contributed by atoms with Crippen LogP contribution in [0.5, 0.6) is 0 Å². The summed E-state index contributed by atoms with van der Waals surface area (Å²) < 4.78 is 0. The van der Waals surface area contributed by atoms with E-state index in [9.17, 15) is 9.59 Å². The Balaban J connectivity index is 2.06. The van der Waals surface area contributed by atoms with Gasteiger partial charge < -0.3 is 10.6 Å². The Labute approximate surface area is 134 Å². The second-order valence-electron chi connectivity index (χ2n) is 4.98. The van der Waals surface area contributed by atoms with E-state index in [1.165, 1.54) is 6.92 Å². The van der Waals surface area contributed by atoms with Gasteiger partial charge in [0, 0.05) is 23.2 Å². The van der Waals surface area contributed by atoms with Crippen molar-refractivity contribution in [3.63, 3.8) is 0 Å². The Morgan fingerprint density at radius 3 is 2.27 bits per heavy atom. The van der Waals surface area contributed by atoms with Crippen molar-refractivity contribution < 1.29 is 9.59 Å². The molecule has 2 amide bonds. The van der Waals surface area contributed by atoms with Gasteiger partial charge in [0.15, 0.2) is 0 Å². The molecule has 0 heterocycles. The molecule has 5 heteroatoms. The van der Waals surface area contributed by atoms with E-state index in [-0.39, 0.29) is 17.9 Å². The van der Waals surface area contributed by atoms with Crippen LogP contribution in [0.1, 0.15) is 35.8 Å². The molecule has 2 N–H and O–H groups in total. The molecule has 0 saturated carbocycles. The van der Waals surface area contributed by atoms with Gasteiger partial charge in [-0.2, -0.15) is 0 Å². The predicted molar refractivity (Wildman–Crippen MR) is 88.1 cm³/mol. The summed E-state index contributed by atoms with van der Waals surface area (Å²) in [6.07, 6.45) is 0. The molecule has 0 aliphatic carbocycles. The van der Waals surface area contributed by atoms with Gasteiger partial charge in [0.05, 0.1) is 6.04 Å². The molecule has 0 aliphatic heterocycles. The van der Waals surface area contributed by atoms with Crippen molar-refractivity contribution in [1.29, 1.82) is 0 Å². The molecule has 0 aliphatic rings. The summed E-state index contributed by atoms with van der Waals surface area (Å²) in [5.41, 5.74) is 2.04. The highest BCUT2D eigenvalue weighted by atomic mass is 35.5. The number of nitrogens with one attached hydrogen (secondary N) is 2. The molecule has 2 rings (SSSR count). The minimum absolute atomic E-state index is 0.149. The molecule has 0 spiro atoms. The Morgan fingerprint density at radius 2 is 1.68 bits per heavy atom. The number of rotatable bonds is 4. The Morgan fingerprint density at radius 1 is 1.05 bits per heavy atom. The van der Waals surface area contributed by atoms with Crippen molar-refractivity contribution in [1.82, 2.24) is 5.32 Å². The monoisotopic (exact) mass is 316 g/mol. The molecule has 4 nitrogen and oxygen atoms in total. The van der Waals surface area contributed by atoms with E-state index in [1.807, 2.05) is 25.1 Å². The lowest BCUT2D eigenvalue weighted by atomic mass is 10.1. The van der Waals surface area contributed by atoms with Crippen molar-refractivity contribution in [3.05, 3.63) is 64.7 Å². The third-order valence-corrected chi connectivity index (χ3v) is 3.53. The highest BCUT2D eigenvalue weighted by Crippen LogP contribution is 2.22. The minimum Gasteiger partial charge on any atom is -0.345 e. The van der Waals surface area contributed by atoms with Crippen molar-refractivity contribution in [3.8, 4) is 0 Å². The molecule has 0 unspecified atom stereocenters. The van der Waals surface area contributed by atoms with Gasteiger partial charge in [-0.1, -0.05) is 29.8 Å². The van der Waals surface area contributed by atoms with E-state index in [2.05, 4.69) is 10.6 Å². The molecule has 0 radical (unpaired) electrons. The fourth-order valence-corrected chi connectivity index (χ4v) is 2.39. The first kappa shape index (κ1) is 16.0. The fourth-order valence-electron chi connectivity index (χ4n) is 2.09. The summed E-state index contributed by atoms with van der Waals surface area (Å²) in [7, 11) is 0. The standard InChI is InChI=1S/C17H17ClN2O2/c1-11(15-5-3-4-6-16(15)18)19-17(22)13-7-9-14(10-8-13)20-12(2)21/h3-11H,1-2H3,(H,19,22)(H,20,21)/t11-/m1/s1.